The number of thioether (sulfide) groups is 1. The second-order valence-corrected chi connectivity index (χ2v) is 8.69. The second-order valence-electron chi connectivity index (χ2n) is 6.99. The van der Waals surface area contributed by atoms with Crippen molar-refractivity contribution in [1.82, 2.24) is 4.90 Å². The first-order valence-electron chi connectivity index (χ1n) is 9.34. The number of aryl methyl sites for hydroxylation is 1. The zero-order valence-corrected chi connectivity index (χ0v) is 17.4. The Morgan fingerprint density at radius 1 is 1.13 bits per heavy atom. The van der Waals surface area contributed by atoms with Gasteiger partial charge in [-0.2, -0.15) is 0 Å². The van der Waals surface area contributed by atoms with Crippen LogP contribution in [0.5, 0.6) is 17.2 Å². The van der Waals surface area contributed by atoms with Crippen LogP contribution < -0.4 is 9.47 Å². The molecule has 158 valence electrons. The Kier molecular flexibility index (Phi) is 5.86. The van der Waals surface area contributed by atoms with Crippen molar-refractivity contribution in [2.24, 2.45) is 0 Å². The molecule has 30 heavy (non-hydrogen) atoms. The van der Waals surface area contributed by atoms with Crippen molar-refractivity contribution >= 4 is 28.3 Å². The number of halogens is 2. The van der Waals surface area contributed by atoms with E-state index in [1.54, 1.807) is 23.1 Å². The largest absolute Gasteiger partial charge is 0.586 e. The molecule has 0 radical (unpaired) electrons. The van der Waals surface area contributed by atoms with E-state index in [1.807, 2.05) is 18.2 Å². The van der Waals surface area contributed by atoms with Gasteiger partial charge in [-0.15, -0.1) is 8.78 Å². The van der Waals surface area contributed by atoms with Gasteiger partial charge >= 0.3 is 6.29 Å². The summed E-state index contributed by atoms with van der Waals surface area (Å²) in [7, 11) is 0. The number of benzene rings is 2. The Morgan fingerprint density at radius 3 is 2.73 bits per heavy atom. The Hall–Kier alpha value is -2.36. The molecule has 1 unspecified atom stereocenters. The van der Waals surface area contributed by atoms with Crippen LogP contribution in [0.25, 0.3) is 0 Å². The van der Waals surface area contributed by atoms with Crippen LogP contribution in [0.1, 0.15) is 24.0 Å². The number of aliphatic hydroxyl groups is 1. The molecule has 9 heteroatoms. The lowest BCUT2D eigenvalue weighted by molar-refractivity contribution is -0.286. The monoisotopic (exact) mass is 451 g/mol. The lowest BCUT2D eigenvalue weighted by Crippen LogP contribution is -2.31. The average molecular weight is 452 g/mol. The number of phenolic OH excluding ortho intramolecular Hbond substituents is 1. The average Bonchev–Trinajstić information content (AvgIpc) is 3.13. The van der Waals surface area contributed by atoms with E-state index in [0.717, 1.165) is 29.7 Å². The molecule has 2 N–H and O–H groups in total. The van der Waals surface area contributed by atoms with Gasteiger partial charge in [0, 0.05) is 11.4 Å². The number of phenols is 1. The van der Waals surface area contributed by atoms with Crippen LogP contribution in [-0.2, 0) is 13.0 Å². The predicted octanol–water partition coefficient (Wildman–Crippen LogP) is 4.77. The number of allylic oxidation sites excluding steroid dienone is 1. The molecule has 1 fully saturated rings. The van der Waals surface area contributed by atoms with Gasteiger partial charge in [-0.1, -0.05) is 48.3 Å². The SMILES string of the molecule is Oc1cccc(CCC/C=C2\SC(=S)N(Cc3ccc4c(c3)OC(F)(F)O4)C2O)c1. The van der Waals surface area contributed by atoms with E-state index >= 15 is 0 Å². The van der Waals surface area contributed by atoms with Crippen LogP contribution >= 0.6 is 24.0 Å². The molecular formula is C21H19F2NO4S2. The highest BCUT2D eigenvalue weighted by molar-refractivity contribution is 8.25. The van der Waals surface area contributed by atoms with Gasteiger partial charge in [-0.3, -0.25) is 0 Å². The number of unbranched alkanes of at least 4 members (excludes halogenated alkanes) is 1. The smallest absolute Gasteiger partial charge is 0.508 e. The number of nitrogens with zero attached hydrogens (tertiary/aromatic N) is 1. The number of ether oxygens (including phenoxy) is 2. The van der Waals surface area contributed by atoms with E-state index in [9.17, 15) is 19.0 Å². The van der Waals surface area contributed by atoms with Crippen LogP contribution in [0.15, 0.2) is 53.4 Å². The first kappa shape index (κ1) is 20.9. The fraction of sp³-hybridized carbons (Fsp3) is 0.286. The lowest BCUT2D eigenvalue weighted by atomic mass is 10.1. The first-order valence-corrected chi connectivity index (χ1v) is 10.6. The van der Waals surface area contributed by atoms with Gasteiger partial charge in [-0.25, -0.2) is 0 Å². The third kappa shape index (κ3) is 4.69. The summed E-state index contributed by atoms with van der Waals surface area (Å²) >= 11 is 6.71. The summed E-state index contributed by atoms with van der Waals surface area (Å²) in [5, 5.41) is 20.2. The topological polar surface area (TPSA) is 62.2 Å². The standard InChI is InChI=1S/C21H19F2NO4S2/c22-21(23)27-16-9-8-14(11-17(16)28-21)12-24-19(26)18(30-20(24)29)7-2-1-4-13-5-3-6-15(25)10-13/h3,5-11,19,25-26H,1-2,4,12H2/b18-7-. The van der Waals surface area contributed by atoms with Gasteiger partial charge in [0.1, 0.15) is 10.1 Å². The van der Waals surface area contributed by atoms with Gasteiger partial charge in [-0.05, 0) is 54.7 Å². The van der Waals surface area contributed by atoms with E-state index in [0.29, 0.717) is 9.88 Å². The molecule has 2 aliphatic rings. The molecule has 2 aliphatic heterocycles. The fourth-order valence-electron chi connectivity index (χ4n) is 3.31. The number of fused-ring (bicyclic) bond motifs is 1. The van der Waals surface area contributed by atoms with Crippen LogP contribution in [0.2, 0.25) is 0 Å². The Morgan fingerprint density at radius 2 is 1.93 bits per heavy atom. The lowest BCUT2D eigenvalue weighted by Gasteiger charge is -2.21. The van der Waals surface area contributed by atoms with Crippen molar-refractivity contribution in [2.75, 3.05) is 0 Å². The molecule has 4 rings (SSSR count). The van der Waals surface area contributed by atoms with Crippen molar-refractivity contribution in [2.45, 2.75) is 38.3 Å². The van der Waals surface area contributed by atoms with Crippen LogP contribution in [0.4, 0.5) is 8.78 Å². The molecule has 1 saturated heterocycles. The summed E-state index contributed by atoms with van der Waals surface area (Å²) in [6.45, 7) is 0.260. The van der Waals surface area contributed by atoms with Crippen molar-refractivity contribution in [3.63, 3.8) is 0 Å². The summed E-state index contributed by atoms with van der Waals surface area (Å²) in [4.78, 5) is 2.39. The Bertz CT molecular complexity index is 999. The second kappa shape index (κ2) is 8.41. The van der Waals surface area contributed by atoms with Gasteiger partial charge in [0.2, 0.25) is 0 Å². The summed E-state index contributed by atoms with van der Waals surface area (Å²) in [5.74, 6) is 0.198. The highest BCUT2D eigenvalue weighted by Gasteiger charge is 2.43. The predicted molar refractivity (Wildman–Crippen MR) is 114 cm³/mol. The maximum absolute atomic E-state index is 13.2. The number of rotatable bonds is 6. The number of hydrogen-bond acceptors (Lipinski definition) is 6. The molecule has 0 aliphatic carbocycles. The molecule has 2 aromatic carbocycles. The maximum Gasteiger partial charge on any atom is 0.586 e. The fourth-order valence-corrected chi connectivity index (χ4v) is 4.68. The van der Waals surface area contributed by atoms with Gasteiger partial charge in [0.05, 0.1) is 0 Å². The molecule has 0 bridgehead atoms. The van der Waals surface area contributed by atoms with Gasteiger partial charge in [0.25, 0.3) is 0 Å². The maximum atomic E-state index is 13.2. The van der Waals surface area contributed by atoms with E-state index in [1.165, 1.54) is 23.9 Å². The van der Waals surface area contributed by atoms with Crippen molar-refractivity contribution in [3.8, 4) is 17.2 Å². The minimum Gasteiger partial charge on any atom is -0.508 e. The minimum atomic E-state index is -3.66. The molecular weight excluding hydrogens is 432 g/mol. The van der Waals surface area contributed by atoms with Crippen LogP contribution in [0.3, 0.4) is 0 Å². The third-order valence-electron chi connectivity index (χ3n) is 4.73. The van der Waals surface area contributed by atoms with Gasteiger partial charge < -0.3 is 24.6 Å². The molecule has 0 amide bonds. The number of hydrogen-bond donors (Lipinski definition) is 2. The Labute approximate surface area is 181 Å². The molecule has 0 spiro atoms. The number of aliphatic hydroxyl groups excluding tert-OH is 1. The van der Waals surface area contributed by atoms with Crippen LogP contribution in [0, 0.1) is 0 Å². The zero-order valence-electron chi connectivity index (χ0n) is 15.8. The van der Waals surface area contributed by atoms with Crippen molar-refractivity contribution < 1.29 is 28.5 Å². The van der Waals surface area contributed by atoms with E-state index in [4.69, 9.17) is 12.2 Å². The van der Waals surface area contributed by atoms with Crippen molar-refractivity contribution in [1.29, 1.82) is 0 Å². The first-order chi connectivity index (χ1) is 14.3. The van der Waals surface area contributed by atoms with E-state index in [2.05, 4.69) is 9.47 Å². The summed E-state index contributed by atoms with van der Waals surface area (Å²) < 4.78 is 35.8. The number of thiocarbonyl (C=S) groups is 1. The number of aromatic hydroxyl groups is 1. The molecule has 2 heterocycles. The third-order valence-corrected chi connectivity index (χ3v) is 6.24. The van der Waals surface area contributed by atoms with E-state index in [-0.39, 0.29) is 23.8 Å². The van der Waals surface area contributed by atoms with Gasteiger partial charge in [0.15, 0.2) is 17.7 Å². The molecule has 2 aromatic rings. The summed E-state index contributed by atoms with van der Waals surface area (Å²) in [6.07, 6.45) is -0.142. The Balaban J connectivity index is 1.35. The molecule has 1 atom stereocenters. The molecule has 0 aromatic heterocycles. The quantitative estimate of drug-likeness (QED) is 0.484. The molecule has 5 nitrogen and oxygen atoms in total. The highest BCUT2D eigenvalue weighted by Crippen LogP contribution is 2.42. The normalized spacial score (nSPS) is 20.9. The highest BCUT2D eigenvalue weighted by atomic mass is 32.2. The summed E-state index contributed by atoms with van der Waals surface area (Å²) in [6, 6.07) is 11.7. The molecule has 0 saturated carbocycles. The van der Waals surface area contributed by atoms with Crippen LogP contribution in [-0.4, -0.2) is 32.0 Å². The minimum absolute atomic E-state index is 0.0185. The van der Waals surface area contributed by atoms with Crippen molar-refractivity contribution in [3.05, 3.63) is 64.6 Å². The summed E-state index contributed by atoms with van der Waals surface area (Å²) in [5.41, 5.74) is 1.72. The van der Waals surface area contributed by atoms with E-state index < -0.39 is 12.5 Å². The zero-order chi connectivity index (χ0) is 21.3. The number of alkyl halides is 2.